The predicted octanol–water partition coefficient (Wildman–Crippen LogP) is 1.94. The number of hydrogen-bond donors (Lipinski definition) is 1. The number of halogens is 2. The van der Waals surface area contributed by atoms with Gasteiger partial charge in [0.25, 0.3) is 0 Å². The highest BCUT2D eigenvalue weighted by atomic mass is 19.1. The fourth-order valence-electron chi connectivity index (χ4n) is 2.01. The molecule has 16 heavy (non-hydrogen) atoms. The van der Waals surface area contributed by atoms with Crippen LogP contribution < -0.4 is 10.2 Å². The Morgan fingerprint density at radius 3 is 2.25 bits per heavy atom. The molecule has 4 heteroatoms. The molecule has 0 saturated carbocycles. The summed E-state index contributed by atoms with van der Waals surface area (Å²) in [4.78, 5) is 1.76. The first-order valence-electron chi connectivity index (χ1n) is 5.66. The molecule has 1 aromatic rings. The van der Waals surface area contributed by atoms with E-state index in [0.717, 1.165) is 13.1 Å². The largest absolute Gasteiger partial charge is 0.364 e. The minimum absolute atomic E-state index is 0.124. The lowest BCUT2D eigenvalue weighted by atomic mass is 10.1. The Hall–Kier alpha value is -1.16. The fraction of sp³-hybridized carbons (Fsp3) is 0.500. The van der Waals surface area contributed by atoms with Crippen LogP contribution in [0.1, 0.15) is 12.5 Å². The smallest absolute Gasteiger partial charge is 0.149 e. The van der Waals surface area contributed by atoms with Crippen LogP contribution in [0.15, 0.2) is 12.1 Å². The second-order valence-corrected chi connectivity index (χ2v) is 4.00. The van der Waals surface area contributed by atoms with Gasteiger partial charge in [0.2, 0.25) is 0 Å². The number of anilines is 1. The van der Waals surface area contributed by atoms with E-state index in [-0.39, 0.29) is 5.69 Å². The summed E-state index contributed by atoms with van der Waals surface area (Å²) in [7, 11) is 0. The van der Waals surface area contributed by atoms with Crippen LogP contribution in [0.2, 0.25) is 0 Å². The van der Waals surface area contributed by atoms with Crippen molar-refractivity contribution in [3.05, 3.63) is 29.3 Å². The van der Waals surface area contributed by atoms with E-state index in [1.807, 2.05) is 6.92 Å². The molecule has 2 rings (SSSR count). The van der Waals surface area contributed by atoms with Crippen LogP contribution in [0.5, 0.6) is 0 Å². The summed E-state index contributed by atoms with van der Waals surface area (Å²) in [6, 6.07) is 2.86. The zero-order valence-corrected chi connectivity index (χ0v) is 9.39. The van der Waals surface area contributed by atoms with Crippen molar-refractivity contribution in [1.82, 2.24) is 5.32 Å². The fourth-order valence-corrected chi connectivity index (χ4v) is 2.01. The van der Waals surface area contributed by atoms with Gasteiger partial charge >= 0.3 is 0 Å². The van der Waals surface area contributed by atoms with E-state index >= 15 is 0 Å². The highest BCUT2D eigenvalue weighted by Crippen LogP contribution is 2.25. The summed E-state index contributed by atoms with van der Waals surface area (Å²) in [6.07, 6.45) is 0.648. The van der Waals surface area contributed by atoms with Crippen molar-refractivity contribution in [2.24, 2.45) is 0 Å². The molecule has 2 nitrogen and oxygen atoms in total. The van der Waals surface area contributed by atoms with Crippen molar-refractivity contribution in [3.8, 4) is 0 Å². The third-order valence-corrected chi connectivity index (χ3v) is 2.92. The van der Waals surface area contributed by atoms with Gasteiger partial charge in [-0.3, -0.25) is 0 Å². The number of hydrogen-bond acceptors (Lipinski definition) is 2. The first kappa shape index (κ1) is 11.3. The molecular formula is C12H16F2N2. The van der Waals surface area contributed by atoms with Crippen molar-refractivity contribution in [3.63, 3.8) is 0 Å². The standard InChI is InChI=1S/C12H16F2N2/c1-2-9-7-10(13)12(11(14)8-9)16-5-3-15-4-6-16/h7-8,15H,2-6H2,1H3. The molecule has 1 aromatic carbocycles. The topological polar surface area (TPSA) is 15.3 Å². The van der Waals surface area contributed by atoms with E-state index in [9.17, 15) is 8.78 Å². The first-order valence-corrected chi connectivity index (χ1v) is 5.66. The molecule has 0 radical (unpaired) electrons. The van der Waals surface area contributed by atoms with Crippen LogP contribution in [0.4, 0.5) is 14.5 Å². The van der Waals surface area contributed by atoms with Crippen LogP contribution >= 0.6 is 0 Å². The van der Waals surface area contributed by atoms with Crippen molar-refractivity contribution in [1.29, 1.82) is 0 Å². The van der Waals surface area contributed by atoms with Gasteiger partial charge in [-0.25, -0.2) is 8.78 Å². The third-order valence-electron chi connectivity index (χ3n) is 2.92. The van der Waals surface area contributed by atoms with Gasteiger partial charge < -0.3 is 10.2 Å². The molecule has 88 valence electrons. The van der Waals surface area contributed by atoms with Gasteiger partial charge in [0, 0.05) is 26.2 Å². The Bertz CT molecular complexity index is 350. The lowest BCUT2D eigenvalue weighted by molar-refractivity contribution is 0.536. The number of nitrogens with zero attached hydrogens (tertiary/aromatic N) is 1. The molecule has 1 saturated heterocycles. The molecule has 0 amide bonds. The average Bonchev–Trinajstić information content (AvgIpc) is 2.29. The molecular weight excluding hydrogens is 210 g/mol. The van der Waals surface area contributed by atoms with Gasteiger partial charge in [0.15, 0.2) is 0 Å². The van der Waals surface area contributed by atoms with Crippen molar-refractivity contribution in [2.45, 2.75) is 13.3 Å². The van der Waals surface area contributed by atoms with E-state index in [1.54, 1.807) is 4.90 Å². The summed E-state index contributed by atoms with van der Waals surface area (Å²) in [5.74, 6) is -0.891. The second kappa shape index (κ2) is 4.78. The average molecular weight is 226 g/mol. The van der Waals surface area contributed by atoms with Crippen LogP contribution in [-0.2, 0) is 6.42 Å². The highest BCUT2D eigenvalue weighted by molar-refractivity contribution is 5.51. The quantitative estimate of drug-likeness (QED) is 0.829. The summed E-state index contributed by atoms with van der Waals surface area (Å²) < 4.78 is 27.6. The van der Waals surface area contributed by atoms with Crippen LogP contribution in [0.3, 0.4) is 0 Å². The normalized spacial score (nSPS) is 16.6. The van der Waals surface area contributed by atoms with E-state index in [0.29, 0.717) is 25.1 Å². The maximum atomic E-state index is 13.8. The van der Waals surface area contributed by atoms with Gasteiger partial charge in [0.05, 0.1) is 0 Å². The van der Waals surface area contributed by atoms with Crippen molar-refractivity contribution >= 4 is 5.69 Å². The lowest BCUT2D eigenvalue weighted by Gasteiger charge is -2.30. The highest BCUT2D eigenvalue weighted by Gasteiger charge is 2.19. The summed E-state index contributed by atoms with van der Waals surface area (Å²) in [5, 5.41) is 3.16. The molecule has 0 unspecified atom stereocenters. The van der Waals surface area contributed by atoms with Gasteiger partial charge in [-0.15, -0.1) is 0 Å². The van der Waals surface area contributed by atoms with Gasteiger partial charge in [-0.2, -0.15) is 0 Å². The number of benzene rings is 1. The molecule has 0 spiro atoms. The zero-order valence-electron chi connectivity index (χ0n) is 9.39. The number of piperazine rings is 1. The first-order chi connectivity index (χ1) is 7.72. The molecule has 0 aromatic heterocycles. The minimum atomic E-state index is -0.446. The Balaban J connectivity index is 2.32. The SMILES string of the molecule is CCc1cc(F)c(N2CCNCC2)c(F)c1. The number of nitrogens with one attached hydrogen (secondary N) is 1. The maximum absolute atomic E-state index is 13.8. The predicted molar refractivity (Wildman–Crippen MR) is 60.8 cm³/mol. The molecule has 1 aliphatic heterocycles. The Kier molecular flexibility index (Phi) is 3.39. The van der Waals surface area contributed by atoms with Gasteiger partial charge in [0.1, 0.15) is 17.3 Å². The third kappa shape index (κ3) is 2.16. The molecule has 1 heterocycles. The summed E-state index contributed by atoms with van der Waals surface area (Å²) >= 11 is 0. The van der Waals surface area contributed by atoms with Gasteiger partial charge in [-0.05, 0) is 24.1 Å². The Labute approximate surface area is 94.3 Å². The summed E-state index contributed by atoms with van der Waals surface area (Å²) in [5.41, 5.74) is 0.826. The summed E-state index contributed by atoms with van der Waals surface area (Å²) in [6.45, 7) is 4.74. The van der Waals surface area contributed by atoms with Crippen LogP contribution in [0.25, 0.3) is 0 Å². The minimum Gasteiger partial charge on any atom is -0.364 e. The Morgan fingerprint density at radius 2 is 1.75 bits per heavy atom. The number of aryl methyl sites for hydroxylation is 1. The lowest BCUT2D eigenvalue weighted by Crippen LogP contribution is -2.44. The second-order valence-electron chi connectivity index (χ2n) is 4.00. The number of rotatable bonds is 2. The Morgan fingerprint density at radius 1 is 1.19 bits per heavy atom. The van der Waals surface area contributed by atoms with E-state index in [1.165, 1.54) is 12.1 Å². The zero-order chi connectivity index (χ0) is 11.5. The van der Waals surface area contributed by atoms with Crippen molar-refractivity contribution in [2.75, 3.05) is 31.1 Å². The molecule has 0 atom stereocenters. The molecule has 1 aliphatic rings. The van der Waals surface area contributed by atoms with Crippen LogP contribution in [-0.4, -0.2) is 26.2 Å². The van der Waals surface area contributed by atoms with E-state index in [4.69, 9.17) is 0 Å². The monoisotopic (exact) mass is 226 g/mol. The molecule has 0 aliphatic carbocycles. The molecule has 0 bridgehead atoms. The van der Waals surface area contributed by atoms with E-state index in [2.05, 4.69) is 5.32 Å². The van der Waals surface area contributed by atoms with Crippen LogP contribution in [0, 0.1) is 11.6 Å². The van der Waals surface area contributed by atoms with Gasteiger partial charge in [-0.1, -0.05) is 6.92 Å². The maximum Gasteiger partial charge on any atom is 0.149 e. The molecule has 1 N–H and O–H groups in total. The molecule has 1 fully saturated rings. The van der Waals surface area contributed by atoms with Crippen molar-refractivity contribution < 1.29 is 8.78 Å². The van der Waals surface area contributed by atoms with E-state index < -0.39 is 11.6 Å².